The van der Waals surface area contributed by atoms with Crippen LogP contribution in [-0.4, -0.2) is 26.1 Å². The highest BCUT2D eigenvalue weighted by atomic mass is 19.1. The summed E-state index contributed by atoms with van der Waals surface area (Å²) >= 11 is 0. The number of carbonyl (C=O) groups is 1. The van der Waals surface area contributed by atoms with Crippen LogP contribution in [0.3, 0.4) is 0 Å². The van der Waals surface area contributed by atoms with E-state index in [0.29, 0.717) is 18.8 Å². The Bertz CT molecular complexity index is 411. The molecule has 92 valence electrons. The minimum atomic E-state index is -0.505. The van der Waals surface area contributed by atoms with Gasteiger partial charge in [-0.25, -0.2) is 4.39 Å². The highest BCUT2D eigenvalue weighted by Gasteiger charge is 2.23. The van der Waals surface area contributed by atoms with E-state index >= 15 is 0 Å². The van der Waals surface area contributed by atoms with Crippen LogP contribution in [0.4, 0.5) is 4.39 Å². The SMILES string of the molecule is COc1ccc(C(=O)C2CCCOC2)cc1F. The molecule has 0 amide bonds. The van der Waals surface area contributed by atoms with Crippen LogP contribution in [0.5, 0.6) is 5.75 Å². The number of rotatable bonds is 3. The molecule has 0 spiro atoms. The van der Waals surface area contributed by atoms with Gasteiger partial charge in [0.2, 0.25) is 0 Å². The van der Waals surface area contributed by atoms with Gasteiger partial charge >= 0.3 is 0 Å². The molecule has 0 aromatic heterocycles. The molecule has 2 rings (SSSR count). The Hall–Kier alpha value is -1.42. The highest BCUT2D eigenvalue weighted by molar-refractivity contribution is 5.98. The number of hydrogen-bond donors (Lipinski definition) is 0. The fraction of sp³-hybridized carbons (Fsp3) is 0.462. The first kappa shape index (κ1) is 12.0. The van der Waals surface area contributed by atoms with Gasteiger partial charge in [0.05, 0.1) is 13.7 Å². The molecule has 0 radical (unpaired) electrons. The third-order valence-corrected chi connectivity index (χ3v) is 2.97. The molecule has 1 atom stereocenters. The van der Waals surface area contributed by atoms with Crippen molar-refractivity contribution < 1.29 is 18.7 Å². The maximum absolute atomic E-state index is 13.5. The summed E-state index contributed by atoms with van der Waals surface area (Å²) in [6.07, 6.45) is 1.70. The van der Waals surface area contributed by atoms with Crippen molar-refractivity contribution in [3.05, 3.63) is 29.6 Å². The highest BCUT2D eigenvalue weighted by Crippen LogP contribution is 2.23. The maximum atomic E-state index is 13.5. The van der Waals surface area contributed by atoms with E-state index < -0.39 is 5.82 Å². The number of halogens is 1. The quantitative estimate of drug-likeness (QED) is 0.759. The Morgan fingerprint density at radius 2 is 2.35 bits per heavy atom. The zero-order valence-corrected chi connectivity index (χ0v) is 9.74. The van der Waals surface area contributed by atoms with Gasteiger partial charge in [0.1, 0.15) is 0 Å². The van der Waals surface area contributed by atoms with Crippen molar-refractivity contribution in [2.24, 2.45) is 5.92 Å². The third-order valence-electron chi connectivity index (χ3n) is 2.97. The molecule has 1 aromatic rings. The van der Waals surface area contributed by atoms with E-state index in [2.05, 4.69) is 0 Å². The van der Waals surface area contributed by atoms with Gasteiger partial charge in [-0.2, -0.15) is 0 Å². The number of ether oxygens (including phenoxy) is 2. The standard InChI is InChI=1S/C13H15FO3/c1-16-12-5-4-9(7-11(12)14)13(15)10-3-2-6-17-8-10/h4-5,7,10H,2-3,6,8H2,1H3. The molecule has 3 nitrogen and oxygen atoms in total. The molecule has 1 aliphatic heterocycles. The van der Waals surface area contributed by atoms with Gasteiger partial charge in [0.25, 0.3) is 0 Å². The summed E-state index contributed by atoms with van der Waals surface area (Å²) < 4.78 is 23.5. The first-order valence-electron chi connectivity index (χ1n) is 5.68. The Kier molecular flexibility index (Phi) is 3.74. The molecule has 1 aromatic carbocycles. The summed E-state index contributed by atoms with van der Waals surface area (Å²) in [6.45, 7) is 1.15. The zero-order valence-electron chi connectivity index (χ0n) is 9.74. The molecular weight excluding hydrogens is 223 g/mol. The third kappa shape index (κ3) is 2.64. The monoisotopic (exact) mass is 238 g/mol. The molecule has 1 aliphatic rings. The minimum Gasteiger partial charge on any atom is -0.494 e. The maximum Gasteiger partial charge on any atom is 0.168 e. The minimum absolute atomic E-state index is 0.0498. The lowest BCUT2D eigenvalue weighted by atomic mass is 9.92. The lowest BCUT2D eigenvalue weighted by Gasteiger charge is -2.20. The van der Waals surface area contributed by atoms with Crippen LogP contribution in [0.2, 0.25) is 0 Å². The van der Waals surface area contributed by atoms with E-state index in [1.54, 1.807) is 6.07 Å². The summed E-state index contributed by atoms with van der Waals surface area (Å²) in [5.41, 5.74) is 0.388. The van der Waals surface area contributed by atoms with Crippen LogP contribution in [0, 0.1) is 11.7 Å². The van der Waals surface area contributed by atoms with E-state index in [0.717, 1.165) is 12.8 Å². The second-order valence-electron chi connectivity index (χ2n) is 4.13. The van der Waals surface area contributed by atoms with E-state index in [1.165, 1.54) is 19.2 Å². The van der Waals surface area contributed by atoms with Crippen molar-refractivity contribution in [2.75, 3.05) is 20.3 Å². The van der Waals surface area contributed by atoms with Crippen molar-refractivity contribution in [1.29, 1.82) is 0 Å². The summed E-state index contributed by atoms with van der Waals surface area (Å²) in [5.74, 6) is -0.542. The number of benzene rings is 1. The molecule has 1 heterocycles. The van der Waals surface area contributed by atoms with Gasteiger partial charge in [-0.15, -0.1) is 0 Å². The molecular formula is C13H15FO3. The van der Waals surface area contributed by atoms with E-state index in [-0.39, 0.29) is 17.5 Å². The summed E-state index contributed by atoms with van der Waals surface area (Å²) in [5, 5.41) is 0. The zero-order chi connectivity index (χ0) is 12.3. The largest absolute Gasteiger partial charge is 0.494 e. The fourth-order valence-electron chi connectivity index (χ4n) is 2.00. The number of carbonyl (C=O) groups excluding carboxylic acids is 1. The number of methoxy groups -OCH3 is 1. The second kappa shape index (κ2) is 5.27. The lowest BCUT2D eigenvalue weighted by Crippen LogP contribution is -2.25. The Labute approximate surface area is 99.5 Å². The number of Topliss-reactive ketones (excluding diaryl/α,β-unsaturated/α-hetero) is 1. The van der Waals surface area contributed by atoms with Crippen molar-refractivity contribution >= 4 is 5.78 Å². The number of ketones is 1. The van der Waals surface area contributed by atoms with E-state index in [9.17, 15) is 9.18 Å². The first-order valence-corrected chi connectivity index (χ1v) is 5.68. The van der Waals surface area contributed by atoms with Crippen molar-refractivity contribution in [2.45, 2.75) is 12.8 Å². The van der Waals surface area contributed by atoms with Gasteiger partial charge in [-0.3, -0.25) is 4.79 Å². The molecule has 1 fully saturated rings. The van der Waals surface area contributed by atoms with Crippen LogP contribution < -0.4 is 4.74 Å². The summed E-state index contributed by atoms with van der Waals surface area (Å²) in [7, 11) is 1.40. The molecule has 0 N–H and O–H groups in total. The smallest absolute Gasteiger partial charge is 0.168 e. The average Bonchev–Trinajstić information content (AvgIpc) is 2.39. The second-order valence-corrected chi connectivity index (χ2v) is 4.13. The van der Waals surface area contributed by atoms with E-state index in [4.69, 9.17) is 9.47 Å². The molecule has 0 aliphatic carbocycles. The van der Waals surface area contributed by atoms with Gasteiger partial charge in [-0.05, 0) is 31.0 Å². The Morgan fingerprint density at radius 1 is 1.53 bits per heavy atom. The predicted octanol–water partition coefficient (Wildman–Crippen LogP) is 2.44. The lowest BCUT2D eigenvalue weighted by molar-refractivity contribution is 0.0461. The van der Waals surface area contributed by atoms with Gasteiger partial charge in [0, 0.05) is 18.1 Å². The fourth-order valence-corrected chi connectivity index (χ4v) is 2.00. The molecule has 1 unspecified atom stereocenters. The van der Waals surface area contributed by atoms with Gasteiger partial charge in [0.15, 0.2) is 17.3 Å². The van der Waals surface area contributed by atoms with Gasteiger partial charge < -0.3 is 9.47 Å². The van der Waals surface area contributed by atoms with Crippen LogP contribution >= 0.6 is 0 Å². The Balaban J connectivity index is 2.16. The van der Waals surface area contributed by atoms with Crippen molar-refractivity contribution in [3.8, 4) is 5.75 Å². The average molecular weight is 238 g/mol. The van der Waals surface area contributed by atoms with Crippen LogP contribution in [0.15, 0.2) is 18.2 Å². The van der Waals surface area contributed by atoms with Crippen LogP contribution in [-0.2, 0) is 4.74 Å². The van der Waals surface area contributed by atoms with Crippen molar-refractivity contribution in [3.63, 3.8) is 0 Å². The topological polar surface area (TPSA) is 35.5 Å². The van der Waals surface area contributed by atoms with Crippen LogP contribution in [0.25, 0.3) is 0 Å². The van der Waals surface area contributed by atoms with Crippen molar-refractivity contribution in [1.82, 2.24) is 0 Å². The molecule has 0 bridgehead atoms. The first-order chi connectivity index (χ1) is 8.22. The molecule has 0 saturated carbocycles. The van der Waals surface area contributed by atoms with Crippen LogP contribution in [0.1, 0.15) is 23.2 Å². The molecule has 1 saturated heterocycles. The van der Waals surface area contributed by atoms with E-state index in [1.807, 2.05) is 0 Å². The Morgan fingerprint density at radius 3 is 2.94 bits per heavy atom. The molecule has 17 heavy (non-hydrogen) atoms. The summed E-state index contributed by atoms with van der Waals surface area (Å²) in [4.78, 5) is 12.1. The molecule has 4 heteroatoms. The van der Waals surface area contributed by atoms with Gasteiger partial charge in [-0.1, -0.05) is 0 Å². The summed E-state index contributed by atoms with van der Waals surface area (Å²) in [6, 6.07) is 4.31. The predicted molar refractivity (Wildman–Crippen MR) is 60.8 cm³/mol. The normalized spacial score (nSPS) is 20.0. The number of hydrogen-bond acceptors (Lipinski definition) is 3.